The van der Waals surface area contributed by atoms with Crippen LogP contribution in [-0.2, 0) is 29.5 Å². The molecule has 0 saturated carbocycles. The maximum absolute atomic E-state index is 12.3. The molecule has 0 fully saturated rings. The number of aryl methyl sites for hydroxylation is 1. The maximum atomic E-state index is 12.3. The molecule has 0 amide bonds. The number of nitrogens with one attached hydrogen (secondary N) is 3. The summed E-state index contributed by atoms with van der Waals surface area (Å²) in [7, 11) is -1.65. The second-order valence-corrected chi connectivity index (χ2v) is 6.43. The predicted octanol–water partition coefficient (Wildman–Crippen LogP) is 0.471. The van der Waals surface area contributed by atoms with Crippen LogP contribution in [0.5, 0.6) is 0 Å². The lowest BCUT2D eigenvalue weighted by Crippen LogP contribution is -2.26. The van der Waals surface area contributed by atoms with Crippen LogP contribution in [0, 0.1) is 0 Å². The highest BCUT2D eigenvalue weighted by atomic mass is 32.2. The highest BCUT2D eigenvalue weighted by Crippen LogP contribution is 2.14. The summed E-state index contributed by atoms with van der Waals surface area (Å²) in [4.78, 5) is 7.31. The van der Waals surface area contributed by atoms with Crippen LogP contribution in [0.3, 0.4) is 0 Å². The summed E-state index contributed by atoms with van der Waals surface area (Å²) in [5, 5.41) is 3.04. The third kappa shape index (κ3) is 3.93. The molecule has 0 aromatic carbocycles. The predicted molar refractivity (Wildman–Crippen MR) is 80.3 cm³/mol. The fourth-order valence-electron chi connectivity index (χ4n) is 2.12. The summed E-state index contributed by atoms with van der Waals surface area (Å²) in [5.74, 6) is 0.764. The lowest BCUT2D eigenvalue weighted by Gasteiger charge is -2.04. The van der Waals surface area contributed by atoms with Crippen LogP contribution in [0.1, 0.15) is 18.4 Å². The first-order chi connectivity index (χ1) is 10.1. The standard InChI is InChI=1S/C13H21N5O2S/c1-3-18-10-12(8-11(18)9-14-2)21(19,20)17-5-4-13-15-6-7-16-13/h6-8,10,14,17H,3-5,9H2,1-2H3,(H,15,16). The van der Waals surface area contributed by atoms with E-state index >= 15 is 0 Å². The molecule has 2 heterocycles. The van der Waals surface area contributed by atoms with E-state index in [4.69, 9.17) is 0 Å². The Labute approximate surface area is 124 Å². The molecular weight excluding hydrogens is 290 g/mol. The van der Waals surface area contributed by atoms with E-state index in [0.717, 1.165) is 18.1 Å². The van der Waals surface area contributed by atoms with Crippen molar-refractivity contribution in [2.75, 3.05) is 13.6 Å². The number of hydrogen-bond acceptors (Lipinski definition) is 4. The van der Waals surface area contributed by atoms with Gasteiger partial charge in [-0.3, -0.25) is 0 Å². The molecule has 0 bridgehead atoms. The molecule has 0 atom stereocenters. The van der Waals surface area contributed by atoms with Crippen molar-refractivity contribution in [3.8, 4) is 0 Å². The van der Waals surface area contributed by atoms with E-state index in [0.29, 0.717) is 24.4 Å². The molecule has 0 saturated heterocycles. The Balaban J connectivity index is 2.04. The molecule has 0 unspecified atom stereocenters. The summed E-state index contributed by atoms with van der Waals surface area (Å²) in [6, 6.07) is 1.70. The fourth-order valence-corrected chi connectivity index (χ4v) is 3.21. The molecule has 2 aromatic heterocycles. The van der Waals surface area contributed by atoms with E-state index in [1.54, 1.807) is 24.7 Å². The Hall–Kier alpha value is -1.64. The zero-order chi connectivity index (χ0) is 15.3. The summed E-state index contributed by atoms with van der Waals surface area (Å²) in [6.07, 6.45) is 5.57. The van der Waals surface area contributed by atoms with Gasteiger partial charge < -0.3 is 14.9 Å². The van der Waals surface area contributed by atoms with Crippen LogP contribution in [-0.4, -0.2) is 36.5 Å². The molecule has 0 aliphatic rings. The van der Waals surface area contributed by atoms with Gasteiger partial charge in [0.05, 0.1) is 4.90 Å². The minimum absolute atomic E-state index is 0.300. The van der Waals surface area contributed by atoms with Crippen molar-refractivity contribution in [2.45, 2.75) is 31.3 Å². The Morgan fingerprint density at radius 1 is 1.43 bits per heavy atom. The summed E-state index contributed by atoms with van der Waals surface area (Å²) in [5.41, 5.74) is 0.950. The van der Waals surface area contributed by atoms with E-state index in [2.05, 4.69) is 20.0 Å². The van der Waals surface area contributed by atoms with Crippen molar-refractivity contribution in [3.63, 3.8) is 0 Å². The molecule has 0 spiro atoms. The van der Waals surface area contributed by atoms with Crippen molar-refractivity contribution >= 4 is 10.0 Å². The molecule has 2 rings (SSSR count). The first-order valence-corrected chi connectivity index (χ1v) is 8.36. The van der Waals surface area contributed by atoms with E-state index < -0.39 is 10.0 Å². The number of aromatic nitrogens is 3. The normalized spacial score (nSPS) is 11.9. The molecule has 0 radical (unpaired) electrons. The smallest absolute Gasteiger partial charge is 0.242 e. The van der Waals surface area contributed by atoms with Crippen molar-refractivity contribution in [3.05, 3.63) is 36.2 Å². The SMILES string of the molecule is CCn1cc(S(=O)(=O)NCCc2ncc[nH]2)cc1CNC. The van der Waals surface area contributed by atoms with Crippen molar-refractivity contribution in [1.82, 2.24) is 24.6 Å². The van der Waals surface area contributed by atoms with Crippen LogP contribution >= 0.6 is 0 Å². The Bertz CT molecular complexity index is 661. The fraction of sp³-hybridized carbons (Fsp3) is 0.462. The Morgan fingerprint density at radius 3 is 2.86 bits per heavy atom. The highest BCUT2D eigenvalue weighted by Gasteiger charge is 2.17. The number of nitrogens with zero attached hydrogens (tertiary/aromatic N) is 2. The van der Waals surface area contributed by atoms with Crippen LogP contribution in [0.15, 0.2) is 29.6 Å². The van der Waals surface area contributed by atoms with Crippen LogP contribution in [0.25, 0.3) is 0 Å². The monoisotopic (exact) mass is 311 g/mol. The minimum Gasteiger partial charge on any atom is -0.349 e. The quantitative estimate of drug-likeness (QED) is 0.661. The number of sulfonamides is 1. The second kappa shape index (κ2) is 6.88. The first kappa shape index (κ1) is 15.7. The number of hydrogen-bond donors (Lipinski definition) is 3. The number of imidazole rings is 1. The van der Waals surface area contributed by atoms with Gasteiger partial charge in [0, 0.05) is 50.3 Å². The van der Waals surface area contributed by atoms with Crippen molar-refractivity contribution in [1.29, 1.82) is 0 Å². The minimum atomic E-state index is -3.48. The Morgan fingerprint density at radius 2 is 2.24 bits per heavy atom. The summed E-state index contributed by atoms with van der Waals surface area (Å²) in [6.45, 7) is 3.67. The average molecular weight is 311 g/mol. The lowest BCUT2D eigenvalue weighted by molar-refractivity contribution is 0.580. The van der Waals surface area contributed by atoms with Gasteiger partial charge in [-0.25, -0.2) is 18.1 Å². The van der Waals surface area contributed by atoms with E-state index in [1.807, 2.05) is 18.5 Å². The van der Waals surface area contributed by atoms with Gasteiger partial charge in [-0.1, -0.05) is 0 Å². The molecule has 116 valence electrons. The largest absolute Gasteiger partial charge is 0.349 e. The molecule has 8 heteroatoms. The molecule has 21 heavy (non-hydrogen) atoms. The highest BCUT2D eigenvalue weighted by molar-refractivity contribution is 7.89. The molecule has 7 nitrogen and oxygen atoms in total. The van der Waals surface area contributed by atoms with Crippen LogP contribution < -0.4 is 10.0 Å². The van der Waals surface area contributed by atoms with E-state index in [9.17, 15) is 8.42 Å². The molecule has 0 aliphatic heterocycles. The van der Waals surface area contributed by atoms with E-state index in [1.165, 1.54) is 0 Å². The van der Waals surface area contributed by atoms with Crippen LogP contribution in [0.2, 0.25) is 0 Å². The maximum Gasteiger partial charge on any atom is 0.242 e. The summed E-state index contributed by atoms with van der Waals surface area (Å²) < 4.78 is 29.1. The number of aromatic amines is 1. The topological polar surface area (TPSA) is 91.8 Å². The first-order valence-electron chi connectivity index (χ1n) is 6.88. The van der Waals surface area contributed by atoms with E-state index in [-0.39, 0.29) is 0 Å². The van der Waals surface area contributed by atoms with Gasteiger partial charge >= 0.3 is 0 Å². The second-order valence-electron chi connectivity index (χ2n) is 4.67. The van der Waals surface area contributed by atoms with Crippen LogP contribution in [0.4, 0.5) is 0 Å². The van der Waals surface area contributed by atoms with Gasteiger partial charge in [-0.15, -0.1) is 0 Å². The van der Waals surface area contributed by atoms with Crippen molar-refractivity contribution in [2.24, 2.45) is 0 Å². The van der Waals surface area contributed by atoms with Crippen molar-refractivity contribution < 1.29 is 8.42 Å². The third-order valence-corrected chi connectivity index (χ3v) is 4.61. The molecular formula is C13H21N5O2S. The molecule has 3 N–H and O–H groups in total. The van der Waals surface area contributed by atoms with Gasteiger partial charge in [-0.05, 0) is 20.0 Å². The number of H-pyrrole nitrogens is 1. The zero-order valence-electron chi connectivity index (χ0n) is 12.3. The molecule has 0 aliphatic carbocycles. The molecule has 2 aromatic rings. The van der Waals surface area contributed by atoms with Gasteiger partial charge in [0.15, 0.2) is 0 Å². The van der Waals surface area contributed by atoms with Gasteiger partial charge in [0.2, 0.25) is 10.0 Å². The average Bonchev–Trinajstić information content (AvgIpc) is 3.08. The van der Waals surface area contributed by atoms with Gasteiger partial charge in [0.1, 0.15) is 5.82 Å². The zero-order valence-corrected chi connectivity index (χ0v) is 13.1. The lowest BCUT2D eigenvalue weighted by atomic mass is 10.4. The van der Waals surface area contributed by atoms with Gasteiger partial charge in [-0.2, -0.15) is 0 Å². The Kier molecular flexibility index (Phi) is 5.16. The third-order valence-electron chi connectivity index (χ3n) is 3.18. The summed E-state index contributed by atoms with van der Waals surface area (Å²) >= 11 is 0. The van der Waals surface area contributed by atoms with Gasteiger partial charge in [0.25, 0.3) is 0 Å². The number of rotatable bonds is 8.